The Morgan fingerprint density at radius 3 is 2.41 bits per heavy atom. The van der Waals surface area contributed by atoms with Gasteiger partial charge in [-0.05, 0) is 32.1 Å². The summed E-state index contributed by atoms with van der Waals surface area (Å²) in [6.07, 6.45) is 3.34. The maximum Gasteiger partial charge on any atom is 0.320 e. The van der Waals surface area contributed by atoms with Crippen molar-refractivity contribution in [3.8, 4) is 0 Å². The number of nitrogens with zero attached hydrogens (tertiary/aromatic N) is 1. The molecule has 1 heterocycles. The number of hydrogen-bond acceptors (Lipinski definition) is 3. The lowest BCUT2D eigenvalue weighted by molar-refractivity contribution is -0.143. The van der Waals surface area contributed by atoms with Crippen LogP contribution in [0.2, 0.25) is 0 Å². The highest BCUT2D eigenvalue weighted by molar-refractivity contribution is 5.72. The maximum absolute atomic E-state index is 10.9. The molecule has 1 aliphatic rings. The first-order chi connectivity index (χ1) is 8.00. The minimum Gasteiger partial charge on any atom is -0.480 e. The normalized spacial score (nSPS) is 20.7. The Morgan fingerprint density at radius 2 is 1.94 bits per heavy atom. The zero-order chi connectivity index (χ0) is 12.8. The Balaban J connectivity index is 2.19. The minimum atomic E-state index is -0.732. The fourth-order valence-electron chi connectivity index (χ4n) is 2.06. The fourth-order valence-corrected chi connectivity index (χ4v) is 2.06. The average molecular weight is 243 g/mol. The van der Waals surface area contributed by atoms with Crippen LogP contribution in [0.25, 0.3) is 0 Å². The van der Waals surface area contributed by atoms with E-state index in [-0.39, 0.29) is 6.04 Å². The van der Waals surface area contributed by atoms with Gasteiger partial charge in [0, 0.05) is 19.7 Å². The zero-order valence-corrected chi connectivity index (χ0v) is 11.2. The Labute approximate surface area is 104 Å². The Kier molecular flexibility index (Phi) is 5.92. The van der Waals surface area contributed by atoms with Crippen LogP contribution in [0, 0.1) is 5.92 Å². The van der Waals surface area contributed by atoms with Gasteiger partial charge in [0.1, 0.15) is 6.04 Å². The van der Waals surface area contributed by atoms with Crippen LogP contribution in [0.5, 0.6) is 0 Å². The molecule has 0 saturated carbocycles. The summed E-state index contributed by atoms with van der Waals surface area (Å²) in [4.78, 5) is 12.9. The topological polar surface area (TPSA) is 49.8 Å². The van der Waals surface area contributed by atoms with Crippen LogP contribution >= 0.6 is 0 Å². The molecule has 0 aromatic carbocycles. The van der Waals surface area contributed by atoms with Crippen LogP contribution < -0.4 is 0 Å². The predicted octanol–water partition coefficient (Wildman–Crippen LogP) is 1.99. The summed E-state index contributed by atoms with van der Waals surface area (Å²) in [5.74, 6) is -0.0497. The quantitative estimate of drug-likeness (QED) is 0.775. The van der Waals surface area contributed by atoms with E-state index in [1.165, 1.54) is 0 Å². The third-order valence-electron chi connectivity index (χ3n) is 3.43. The van der Waals surface area contributed by atoms with Gasteiger partial charge < -0.3 is 9.84 Å². The SMILES string of the molecule is CC(C)CCOC1CCN(C(C)C(=O)O)CC1. The molecule has 100 valence electrons. The molecule has 0 amide bonds. The summed E-state index contributed by atoms with van der Waals surface area (Å²) in [6.45, 7) is 8.64. The molecule has 0 aliphatic carbocycles. The number of carbonyl (C=O) groups is 1. The molecule has 1 saturated heterocycles. The summed E-state index contributed by atoms with van der Waals surface area (Å²) in [5.41, 5.74) is 0. The predicted molar refractivity (Wildman–Crippen MR) is 67.1 cm³/mol. The van der Waals surface area contributed by atoms with E-state index in [9.17, 15) is 4.79 Å². The number of ether oxygens (including phenoxy) is 1. The van der Waals surface area contributed by atoms with Crippen LogP contribution in [-0.4, -0.2) is 47.8 Å². The smallest absolute Gasteiger partial charge is 0.320 e. The van der Waals surface area contributed by atoms with Crippen LogP contribution in [0.15, 0.2) is 0 Å². The standard InChI is InChI=1S/C13H25NO3/c1-10(2)6-9-17-12-4-7-14(8-5-12)11(3)13(15)16/h10-12H,4-9H2,1-3H3,(H,15,16). The molecule has 4 heteroatoms. The highest BCUT2D eigenvalue weighted by Gasteiger charge is 2.26. The number of hydrogen-bond donors (Lipinski definition) is 1. The fraction of sp³-hybridized carbons (Fsp3) is 0.923. The number of carboxylic acids is 1. The van der Waals surface area contributed by atoms with Gasteiger partial charge in [0.05, 0.1) is 6.10 Å². The molecule has 1 unspecified atom stereocenters. The molecule has 0 bridgehead atoms. The molecular formula is C13H25NO3. The van der Waals surface area contributed by atoms with Gasteiger partial charge in [0.15, 0.2) is 0 Å². The van der Waals surface area contributed by atoms with E-state index in [2.05, 4.69) is 13.8 Å². The van der Waals surface area contributed by atoms with Gasteiger partial charge in [0.25, 0.3) is 0 Å². The van der Waals surface area contributed by atoms with Gasteiger partial charge in [-0.15, -0.1) is 0 Å². The first-order valence-corrected chi connectivity index (χ1v) is 6.59. The molecule has 0 aromatic rings. The number of piperidine rings is 1. The molecule has 1 rings (SSSR count). The molecule has 1 aliphatic heterocycles. The number of aliphatic carboxylic acids is 1. The molecule has 0 spiro atoms. The molecule has 0 aromatic heterocycles. The summed E-state index contributed by atoms with van der Waals surface area (Å²) in [6, 6.07) is -0.369. The van der Waals surface area contributed by atoms with E-state index in [1.807, 2.05) is 4.90 Å². The molecule has 0 radical (unpaired) electrons. The largest absolute Gasteiger partial charge is 0.480 e. The highest BCUT2D eigenvalue weighted by Crippen LogP contribution is 2.16. The van der Waals surface area contributed by atoms with Crippen molar-refractivity contribution in [1.82, 2.24) is 4.90 Å². The van der Waals surface area contributed by atoms with Crippen molar-refractivity contribution in [3.63, 3.8) is 0 Å². The van der Waals surface area contributed by atoms with Crippen molar-refractivity contribution in [1.29, 1.82) is 0 Å². The van der Waals surface area contributed by atoms with E-state index in [0.29, 0.717) is 12.0 Å². The zero-order valence-electron chi connectivity index (χ0n) is 11.2. The average Bonchev–Trinajstić information content (AvgIpc) is 2.28. The van der Waals surface area contributed by atoms with Crippen LogP contribution in [0.1, 0.15) is 40.0 Å². The summed E-state index contributed by atoms with van der Waals surface area (Å²) < 4.78 is 5.81. The van der Waals surface area contributed by atoms with Gasteiger partial charge in [0.2, 0.25) is 0 Å². The Hall–Kier alpha value is -0.610. The van der Waals surface area contributed by atoms with E-state index >= 15 is 0 Å². The third kappa shape index (κ3) is 5.04. The molecule has 4 nitrogen and oxygen atoms in total. The maximum atomic E-state index is 10.9. The van der Waals surface area contributed by atoms with Crippen LogP contribution in [0.3, 0.4) is 0 Å². The Morgan fingerprint density at radius 1 is 1.35 bits per heavy atom. The second-order valence-electron chi connectivity index (χ2n) is 5.30. The van der Waals surface area contributed by atoms with Crippen molar-refractivity contribution in [2.75, 3.05) is 19.7 Å². The van der Waals surface area contributed by atoms with E-state index in [0.717, 1.165) is 39.0 Å². The van der Waals surface area contributed by atoms with Crippen molar-refractivity contribution < 1.29 is 14.6 Å². The first kappa shape index (κ1) is 14.5. The van der Waals surface area contributed by atoms with Gasteiger partial charge >= 0.3 is 5.97 Å². The minimum absolute atomic E-state index is 0.325. The van der Waals surface area contributed by atoms with Crippen molar-refractivity contribution in [2.24, 2.45) is 5.92 Å². The van der Waals surface area contributed by atoms with Crippen molar-refractivity contribution >= 4 is 5.97 Å². The van der Waals surface area contributed by atoms with Crippen LogP contribution in [-0.2, 0) is 9.53 Å². The van der Waals surface area contributed by atoms with Gasteiger partial charge in [-0.25, -0.2) is 0 Å². The highest BCUT2D eigenvalue weighted by atomic mass is 16.5. The molecule has 17 heavy (non-hydrogen) atoms. The number of carboxylic acid groups (broad SMARTS) is 1. The Bertz CT molecular complexity index is 235. The number of rotatable bonds is 6. The molecule has 1 atom stereocenters. The van der Waals surface area contributed by atoms with Crippen molar-refractivity contribution in [3.05, 3.63) is 0 Å². The van der Waals surface area contributed by atoms with E-state index < -0.39 is 5.97 Å². The lowest BCUT2D eigenvalue weighted by Crippen LogP contribution is -2.45. The molecular weight excluding hydrogens is 218 g/mol. The third-order valence-corrected chi connectivity index (χ3v) is 3.43. The lowest BCUT2D eigenvalue weighted by Gasteiger charge is -2.34. The summed E-state index contributed by atoms with van der Waals surface area (Å²) >= 11 is 0. The van der Waals surface area contributed by atoms with E-state index in [1.54, 1.807) is 6.92 Å². The molecule has 1 fully saturated rings. The summed E-state index contributed by atoms with van der Waals surface area (Å²) in [7, 11) is 0. The van der Waals surface area contributed by atoms with Gasteiger partial charge in [-0.3, -0.25) is 9.69 Å². The second-order valence-corrected chi connectivity index (χ2v) is 5.30. The summed E-state index contributed by atoms with van der Waals surface area (Å²) in [5, 5.41) is 8.93. The lowest BCUT2D eigenvalue weighted by atomic mass is 10.1. The molecule has 1 N–H and O–H groups in total. The monoisotopic (exact) mass is 243 g/mol. The van der Waals surface area contributed by atoms with Crippen molar-refractivity contribution in [2.45, 2.75) is 52.2 Å². The first-order valence-electron chi connectivity index (χ1n) is 6.59. The second kappa shape index (κ2) is 6.97. The van der Waals surface area contributed by atoms with Crippen LogP contribution in [0.4, 0.5) is 0 Å². The number of likely N-dealkylation sites (tertiary alicyclic amines) is 1. The van der Waals surface area contributed by atoms with E-state index in [4.69, 9.17) is 9.84 Å². The van der Waals surface area contributed by atoms with Gasteiger partial charge in [-0.1, -0.05) is 13.8 Å². The van der Waals surface area contributed by atoms with Gasteiger partial charge in [-0.2, -0.15) is 0 Å².